The van der Waals surface area contributed by atoms with Gasteiger partial charge in [0.05, 0.1) is 23.3 Å². The van der Waals surface area contributed by atoms with Gasteiger partial charge in [0.25, 0.3) is 0 Å². The quantitative estimate of drug-likeness (QED) is 0.251. The number of rotatable bonds is 4. The molecule has 5 rings (SSSR count). The van der Waals surface area contributed by atoms with Crippen molar-refractivity contribution in [2.45, 2.75) is 75.8 Å². The van der Waals surface area contributed by atoms with Crippen molar-refractivity contribution in [3.63, 3.8) is 0 Å². The molecule has 1 saturated heterocycles. The fourth-order valence-electron chi connectivity index (χ4n) is 6.27. The topological polar surface area (TPSA) is 197 Å². The van der Waals surface area contributed by atoms with Gasteiger partial charge in [-0.3, -0.25) is 14.4 Å². The molecule has 1 heterocycles. The zero-order chi connectivity index (χ0) is 28.6. The van der Waals surface area contributed by atoms with Crippen LogP contribution in [0.4, 0.5) is 0 Å². The lowest BCUT2D eigenvalue weighted by Gasteiger charge is -2.47. The van der Waals surface area contributed by atoms with Crippen molar-refractivity contribution in [2.24, 2.45) is 5.73 Å². The first-order valence-corrected chi connectivity index (χ1v) is 12.7. The first-order valence-electron chi connectivity index (χ1n) is 12.7. The third-order valence-electron chi connectivity index (χ3n) is 8.18. The number of benzene rings is 2. The van der Waals surface area contributed by atoms with Crippen LogP contribution >= 0.6 is 0 Å². The Hall–Kier alpha value is -3.19. The van der Waals surface area contributed by atoms with Gasteiger partial charge in [-0.25, -0.2) is 0 Å². The number of aromatic hydroxyl groups is 2. The molecule has 0 spiro atoms. The smallest absolute Gasteiger partial charge is 0.198 e. The van der Waals surface area contributed by atoms with Crippen LogP contribution in [0.2, 0.25) is 0 Å². The number of phenols is 2. The van der Waals surface area contributed by atoms with E-state index in [2.05, 4.69) is 0 Å². The van der Waals surface area contributed by atoms with Crippen LogP contribution in [-0.4, -0.2) is 79.6 Å². The third kappa shape index (κ3) is 4.00. The highest BCUT2D eigenvalue weighted by Gasteiger charge is 2.55. The van der Waals surface area contributed by atoms with Gasteiger partial charge in [0, 0.05) is 47.6 Å². The first kappa shape index (κ1) is 27.4. The molecular weight excluding hydrogens is 510 g/mol. The fraction of sp³-hybridized carbons (Fsp3) is 0.464. The molecule has 208 valence electrons. The number of nitrogens with two attached hydrogens (primary N) is 1. The van der Waals surface area contributed by atoms with Gasteiger partial charge in [0.1, 0.15) is 29.3 Å². The largest absolute Gasteiger partial charge is 0.507 e. The molecule has 6 atom stereocenters. The third-order valence-corrected chi connectivity index (χ3v) is 8.18. The number of aliphatic hydroxyl groups excluding tert-OH is 2. The van der Waals surface area contributed by atoms with Crippen molar-refractivity contribution in [3.8, 4) is 11.5 Å². The van der Waals surface area contributed by atoms with Gasteiger partial charge in [-0.05, 0) is 26.3 Å². The predicted molar refractivity (Wildman–Crippen MR) is 135 cm³/mol. The van der Waals surface area contributed by atoms with Crippen molar-refractivity contribution < 1.29 is 49.4 Å². The number of ether oxygens (including phenoxy) is 2. The number of aliphatic hydroxyl groups is 3. The van der Waals surface area contributed by atoms with Gasteiger partial charge in [-0.1, -0.05) is 18.2 Å². The van der Waals surface area contributed by atoms with E-state index in [4.69, 9.17) is 15.2 Å². The summed E-state index contributed by atoms with van der Waals surface area (Å²) in [6.45, 7) is 3.66. The molecule has 11 nitrogen and oxygen atoms in total. The molecule has 0 amide bonds. The molecule has 2 aromatic rings. The van der Waals surface area contributed by atoms with Crippen LogP contribution < -0.4 is 5.73 Å². The van der Waals surface area contributed by atoms with E-state index in [9.17, 15) is 39.9 Å². The SMILES string of the molecule is Cc1cccc2c1C(=O)c1c(O)c3c(c(O)c1C2=O)C[C@@](O)(C(=O)CO)C[C@]3(C)O[C@H]1C[C@H](N)[C@H](O)[C@H](C)O1. The Bertz CT molecular complexity index is 1410. The zero-order valence-electron chi connectivity index (χ0n) is 21.7. The Morgan fingerprint density at radius 3 is 2.46 bits per heavy atom. The molecule has 7 N–H and O–H groups in total. The molecule has 3 aliphatic rings. The lowest BCUT2D eigenvalue weighted by Crippen LogP contribution is -2.56. The van der Waals surface area contributed by atoms with E-state index in [1.54, 1.807) is 26.0 Å². The number of fused-ring (bicyclic) bond motifs is 3. The Kier molecular flexibility index (Phi) is 6.45. The summed E-state index contributed by atoms with van der Waals surface area (Å²) in [5.74, 6) is -3.64. The maximum atomic E-state index is 13.7. The number of hydrogen-bond acceptors (Lipinski definition) is 11. The van der Waals surface area contributed by atoms with E-state index in [1.807, 2.05) is 0 Å². The minimum Gasteiger partial charge on any atom is -0.507 e. The number of hydrogen-bond donors (Lipinski definition) is 6. The lowest BCUT2D eigenvalue weighted by atomic mass is 9.67. The molecular formula is C28H31NO10. The minimum absolute atomic E-state index is 0.0183. The van der Waals surface area contributed by atoms with Crippen molar-refractivity contribution in [2.75, 3.05) is 6.61 Å². The molecule has 0 aromatic heterocycles. The van der Waals surface area contributed by atoms with Crippen LogP contribution in [0.3, 0.4) is 0 Å². The molecule has 1 fully saturated rings. The fourth-order valence-corrected chi connectivity index (χ4v) is 6.27. The standard InChI is InChI=1S/C28H31NO10/c1-11-5-4-6-13-18(11)25(35)20-19(23(13)33)24(34)14-8-28(37,16(31)9-30)10-27(3,21(14)26(20)36)39-17-7-15(29)22(32)12(2)38-17/h4-6,12,15,17,22,30,32,34,36-37H,7-10,29H2,1-3H3/t12-,15-,17-,22+,27-,28-/m0/s1. The van der Waals surface area contributed by atoms with Gasteiger partial charge >= 0.3 is 0 Å². The maximum Gasteiger partial charge on any atom is 0.198 e. The minimum atomic E-state index is -2.26. The highest BCUT2D eigenvalue weighted by atomic mass is 16.7. The summed E-state index contributed by atoms with van der Waals surface area (Å²) in [4.78, 5) is 39.9. The maximum absolute atomic E-state index is 13.7. The van der Waals surface area contributed by atoms with Gasteiger partial charge in [-0.2, -0.15) is 0 Å². The number of aryl methyl sites for hydroxylation is 1. The first-order chi connectivity index (χ1) is 18.2. The van der Waals surface area contributed by atoms with Crippen molar-refractivity contribution in [1.29, 1.82) is 0 Å². The number of phenolic OH excluding ortho intramolecular Hbond substituents is 2. The van der Waals surface area contributed by atoms with Crippen molar-refractivity contribution >= 4 is 17.3 Å². The average molecular weight is 542 g/mol. The summed E-state index contributed by atoms with van der Waals surface area (Å²) in [5, 5.41) is 54.2. The average Bonchev–Trinajstić information content (AvgIpc) is 2.86. The summed E-state index contributed by atoms with van der Waals surface area (Å²) in [6.07, 6.45) is -3.80. The molecule has 0 unspecified atom stereocenters. The van der Waals surface area contributed by atoms with Gasteiger partial charge in [0.15, 0.2) is 23.6 Å². The number of carbonyl (C=O) groups is 3. The molecule has 0 saturated carbocycles. The summed E-state index contributed by atoms with van der Waals surface area (Å²) in [7, 11) is 0. The monoisotopic (exact) mass is 541 g/mol. The highest BCUT2D eigenvalue weighted by Crippen LogP contribution is 2.54. The zero-order valence-corrected chi connectivity index (χ0v) is 21.7. The van der Waals surface area contributed by atoms with Gasteiger partial charge in [-0.15, -0.1) is 0 Å². The van der Waals surface area contributed by atoms with E-state index in [1.165, 1.54) is 13.0 Å². The van der Waals surface area contributed by atoms with Crippen molar-refractivity contribution in [3.05, 3.63) is 57.1 Å². The van der Waals surface area contributed by atoms with Crippen LogP contribution in [0, 0.1) is 6.92 Å². The lowest BCUT2D eigenvalue weighted by molar-refractivity contribution is -0.273. The predicted octanol–water partition coefficient (Wildman–Crippen LogP) is 0.475. The Morgan fingerprint density at radius 1 is 1.15 bits per heavy atom. The van der Waals surface area contributed by atoms with E-state index in [-0.39, 0.29) is 28.7 Å². The number of carbonyl (C=O) groups excluding carboxylic acids is 3. The second-order valence-electron chi connectivity index (χ2n) is 10.9. The Morgan fingerprint density at radius 2 is 1.82 bits per heavy atom. The highest BCUT2D eigenvalue weighted by molar-refractivity contribution is 6.31. The van der Waals surface area contributed by atoms with E-state index in [0.717, 1.165) is 0 Å². The van der Waals surface area contributed by atoms with Crippen LogP contribution in [0.15, 0.2) is 18.2 Å². The summed E-state index contributed by atoms with van der Waals surface area (Å²) in [6, 6.07) is 3.96. The molecule has 2 aromatic carbocycles. The van der Waals surface area contributed by atoms with Gasteiger partial charge in [0.2, 0.25) is 0 Å². The summed E-state index contributed by atoms with van der Waals surface area (Å²) < 4.78 is 12.0. The van der Waals surface area contributed by atoms with Crippen LogP contribution in [0.25, 0.3) is 0 Å². The van der Waals surface area contributed by atoms with E-state index >= 15 is 0 Å². The summed E-state index contributed by atoms with van der Waals surface area (Å²) >= 11 is 0. The Balaban J connectivity index is 1.73. The summed E-state index contributed by atoms with van der Waals surface area (Å²) in [5.41, 5.74) is 1.56. The normalized spacial score (nSPS) is 31.9. The second-order valence-corrected chi connectivity index (χ2v) is 10.9. The van der Waals surface area contributed by atoms with Gasteiger partial charge < -0.3 is 40.7 Å². The van der Waals surface area contributed by atoms with E-state index < -0.39 is 95.2 Å². The number of ketones is 3. The number of Topliss-reactive ketones (excluding diaryl/α,β-unsaturated/α-hetero) is 1. The molecule has 0 radical (unpaired) electrons. The van der Waals surface area contributed by atoms with Crippen LogP contribution in [-0.2, 0) is 26.3 Å². The molecule has 0 bridgehead atoms. The molecule has 1 aliphatic heterocycles. The van der Waals surface area contributed by atoms with Crippen LogP contribution in [0.5, 0.6) is 11.5 Å². The van der Waals surface area contributed by atoms with Crippen molar-refractivity contribution in [1.82, 2.24) is 0 Å². The molecule has 2 aliphatic carbocycles. The molecule has 39 heavy (non-hydrogen) atoms. The molecule has 11 heteroatoms. The van der Waals surface area contributed by atoms with E-state index in [0.29, 0.717) is 5.56 Å². The Labute approximate surface area is 223 Å². The second kappa shape index (κ2) is 9.19. The van der Waals surface area contributed by atoms with Crippen LogP contribution in [0.1, 0.15) is 75.2 Å².